The summed E-state index contributed by atoms with van der Waals surface area (Å²) in [5.41, 5.74) is 2.58. The van der Waals surface area contributed by atoms with Crippen LogP contribution in [0.4, 0.5) is 20.3 Å². The minimum absolute atomic E-state index is 0.0999. The second kappa shape index (κ2) is 7.79. The van der Waals surface area contributed by atoms with Crippen molar-refractivity contribution in [3.05, 3.63) is 95.6 Å². The van der Waals surface area contributed by atoms with Crippen LogP contribution in [0.5, 0.6) is 0 Å². The Balaban J connectivity index is 1.86. The molecule has 0 aliphatic heterocycles. The van der Waals surface area contributed by atoms with E-state index in [0.29, 0.717) is 17.1 Å². The van der Waals surface area contributed by atoms with E-state index in [0.717, 1.165) is 17.3 Å². The fourth-order valence-electron chi connectivity index (χ4n) is 3.20. The highest BCUT2D eigenvalue weighted by Gasteiger charge is 2.19. The number of rotatable bonds is 5. The summed E-state index contributed by atoms with van der Waals surface area (Å²) in [6.45, 7) is 1.92. The van der Waals surface area contributed by atoms with Gasteiger partial charge in [0.1, 0.15) is 23.0 Å². The molecule has 0 amide bonds. The van der Waals surface area contributed by atoms with Crippen molar-refractivity contribution in [1.29, 1.82) is 0 Å². The fourth-order valence-corrected chi connectivity index (χ4v) is 3.20. The maximum Gasteiger partial charge on any atom is 0.340 e. The van der Waals surface area contributed by atoms with Crippen molar-refractivity contribution < 1.29 is 18.7 Å². The van der Waals surface area contributed by atoms with E-state index in [9.17, 15) is 18.7 Å². The lowest BCUT2D eigenvalue weighted by Gasteiger charge is -2.13. The maximum absolute atomic E-state index is 14.1. The van der Waals surface area contributed by atoms with Gasteiger partial charge in [0.25, 0.3) is 0 Å². The molecule has 1 heterocycles. The van der Waals surface area contributed by atoms with Gasteiger partial charge < -0.3 is 10.4 Å². The number of nitrogens with zero attached hydrogens (tertiary/aromatic N) is 2. The van der Waals surface area contributed by atoms with E-state index in [4.69, 9.17) is 0 Å². The van der Waals surface area contributed by atoms with Crippen LogP contribution < -0.4 is 5.32 Å². The van der Waals surface area contributed by atoms with Crippen LogP contribution in [-0.4, -0.2) is 20.9 Å². The van der Waals surface area contributed by atoms with Gasteiger partial charge in [-0.25, -0.2) is 18.3 Å². The zero-order chi connectivity index (χ0) is 21.3. The van der Waals surface area contributed by atoms with Crippen molar-refractivity contribution in [2.24, 2.45) is 0 Å². The van der Waals surface area contributed by atoms with Crippen LogP contribution in [0.15, 0.2) is 72.8 Å². The zero-order valence-electron chi connectivity index (χ0n) is 15.9. The predicted octanol–water partition coefficient (Wildman–Crippen LogP) is 5.57. The molecule has 2 N–H and O–H groups in total. The van der Waals surface area contributed by atoms with Gasteiger partial charge in [0, 0.05) is 11.6 Å². The highest BCUT2D eigenvalue weighted by Crippen LogP contribution is 2.30. The van der Waals surface area contributed by atoms with Crippen LogP contribution in [0.3, 0.4) is 0 Å². The Morgan fingerprint density at radius 2 is 1.73 bits per heavy atom. The molecule has 0 bridgehead atoms. The first kappa shape index (κ1) is 19.3. The number of hydrogen-bond donors (Lipinski definition) is 2. The number of hydrogen-bond acceptors (Lipinski definition) is 3. The standard InChI is InChI=1S/C23H17F2N3O2/c1-14-5-2-3-8-20(14)28-21(13-19(27-28)15-9-11-16(24)12-10-15)26-18-7-4-6-17(25)22(18)23(29)30/h2-13,26H,1H3,(H,29,30). The summed E-state index contributed by atoms with van der Waals surface area (Å²) < 4.78 is 29.1. The van der Waals surface area contributed by atoms with Crippen LogP contribution in [0.25, 0.3) is 16.9 Å². The molecule has 150 valence electrons. The molecule has 0 saturated carbocycles. The van der Waals surface area contributed by atoms with E-state index < -0.39 is 17.3 Å². The van der Waals surface area contributed by atoms with Gasteiger partial charge in [-0.3, -0.25) is 0 Å². The van der Waals surface area contributed by atoms with Crippen molar-refractivity contribution >= 4 is 17.5 Å². The summed E-state index contributed by atoms with van der Waals surface area (Å²) in [5.74, 6) is -2.14. The Morgan fingerprint density at radius 3 is 2.43 bits per heavy atom. The highest BCUT2D eigenvalue weighted by molar-refractivity contribution is 5.95. The average Bonchev–Trinajstić information content (AvgIpc) is 3.12. The van der Waals surface area contributed by atoms with Gasteiger partial charge >= 0.3 is 5.97 Å². The second-order valence-electron chi connectivity index (χ2n) is 6.71. The second-order valence-corrected chi connectivity index (χ2v) is 6.71. The molecule has 0 spiro atoms. The van der Waals surface area contributed by atoms with Crippen LogP contribution in [0.2, 0.25) is 0 Å². The van der Waals surface area contributed by atoms with Crippen LogP contribution in [0.1, 0.15) is 15.9 Å². The Bertz CT molecular complexity index is 1230. The molecule has 0 aliphatic rings. The first-order valence-electron chi connectivity index (χ1n) is 9.15. The summed E-state index contributed by atoms with van der Waals surface area (Å²) in [6, 6.07) is 19.1. The van der Waals surface area contributed by atoms with Gasteiger partial charge in [-0.1, -0.05) is 24.3 Å². The highest BCUT2D eigenvalue weighted by atomic mass is 19.1. The van der Waals surface area contributed by atoms with E-state index >= 15 is 0 Å². The normalized spacial score (nSPS) is 10.8. The first-order valence-corrected chi connectivity index (χ1v) is 9.15. The fraction of sp³-hybridized carbons (Fsp3) is 0.0435. The minimum atomic E-state index is -1.38. The molecule has 3 aromatic carbocycles. The maximum atomic E-state index is 14.1. The Kier molecular flexibility index (Phi) is 5.02. The number of nitrogens with one attached hydrogen (secondary N) is 1. The summed E-state index contributed by atoms with van der Waals surface area (Å²) in [6.07, 6.45) is 0. The van der Waals surface area contributed by atoms with Crippen molar-refractivity contribution in [1.82, 2.24) is 9.78 Å². The van der Waals surface area contributed by atoms with Crippen molar-refractivity contribution in [3.8, 4) is 16.9 Å². The minimum Gasteiger partial charge on any atom is -0.478 e. The van der Waals surface area contributed by atoms with Crippen molar-refractivity contribution in [2.75, 3.05) is 5.32 Å². The lowest BCUT2D eigenvalue weighted by atomic mass is 10.1. The first-order chi connectivity index (χ1) is 14.4. The summed E-state index contributed by atoms with van der Waals surface area (Å²) in [5, 5.41) is 17.0. The zero-order valence-corrected chi connectivity index (χ0v) is 15.9. The van der Waals surface area contributed by atoms with E-state index in [1.807, 2.05) is 31.2 Å². The third-order valence-corrected chi connectivity index (χ3v) is 4.68. The van der Waals surface area contributed by atoms with E-state index in [1.165, 1.54) is 24.3 Å². The third-order valence-electron chi connectivity index (χ3n) is 4.68. The number of aromatic nitrogens is 2. The van der Waals surface area contributed by atoms with Gasteiger partial charge in [-0.05, 0) is 55.0 Å². The Labute approximate surface area is 171 Å². The van der Waals surface area contributed by atoms with Gasteiger partial charge in [-0.2, -0.15) is 5.10 Å². The number of anilines is 2. The Hall–Kier alpha value is -4.00. The molecule has 0 atom stereocenters. The summed E-state index contributed by atoms with van der Waals surface area (Å²) in [4.78, 5) is 11.6. The molecule has 30 heavy (non-hydrogen) atoms. The molecule has 0 aliphatic carbocycles. The number of benzene rings is 3. The average molecular weight is 405 g/mol. The lowest BCUT2D eigenvalue weighted by Crippen LogP contribution is -2.09. The third kappa shape index (κ3) is 3.65. The largest absolute Gasteiger partial charge is 0.478 e. The molecule has 0 saturated heterocycles. The number of carbonyl (C=O) groups is 1. The molecule has 1 aromatic heterocycles. The number of carboxylic acids is 1. The van der Waals surface area contributed by atoms with Crippen LogP contribution in [-0.2, 0) is 0 Å². The number of carboxylic acid groups (broad SMARTS) is 1. The molecule has 4 rings (SSSR count). The monoisotopic (exact) mass is 405 g/mol. The number of aromatic carboxylic acids is 1. The van der Waals surface area contributed by atoms with Crippen molar-refractivity contribution in [2.45, 2.75) is 6.92 Å². The molecule has 4 aromatic rings. The topological polar surface area (TPSA) is 67.2 Å². The Morgan fingerprint density at radius 1 is 1.00 bits per heavy atom. The molecule has 7 heteroatoms. The molecule has 5 nitrogen and oxygen atoms in total. The van der Waals surface area contributed by atoms with Crippen LogP contribution in [0, 0.1) is 18.6 Å². The SMILES string of the molecule is Cc1ccccc1-n1nc(-c2ccc(F)cc2)cc1Nc1cccc(F)c1C(=O)O. The molecular formula is C23H17F2N3O2. The predicted molar refractivity (Wildman–Crippen MR) is 110 cm³/mol. The number of aryl methyl sites for hydroxylation is 1. The van der Waals surface area contributed by atoms with Crippen LogP contribution >= 0.6 is 0 Å². The number of para-hydroxylation sites is 1. The molecule has 0 unspecified atom stereocenters. The molecular weight excluding hydrogens is 388 g/mol. The van der Waals surface area contributed by atoms with Gasteiger partial charge in [0.05, 0.1) is 17.1 Å². The quantitative estimate of drug-likeness (QED) is 0.456. The summed E-state index contributed by atoms with van der Waals surface area (Å²) in [7, 11) is 0. The van der Waals surface area contributed by atoms with Gasteiger partial charge in [-0.15, -0.1) is 0 Å². The van der Waals surface area contributed by atoms with E-state index in [2.05, 4.69) is 10.4 Å². The van der Waals surface area contributed by atoms with E-state index in [1.54, 1.807) is 22.9 Å². The van der Waals surface area contributed by atoms with Gasteiger partial charge in [0.15, 0.2) is 0 Å². The van der Waals surface area contributed by atoms with Gasteiger partial charge in [0.2, 0.25) is 0 Å². The van der Waals surface area contributed by atoms with E-state index in [-0.39, 0.29) is 11.5 Å². The molecule has 0 fully saturated rings. The summed E-state index contributed by atoms with van der Waals surface area (Å²) >= 11 is 0. The smallest absolute Gasteiger partial charge is 0.340 e. The van der Waals surface area contributed by atoms with Crippen molar-refractivity contribution in [3.63, 3.8) is 0 Å². The molecule has 0 radical (unpaired) electrons. The lowest BCUT2D eigenvalue weighted by molar-refractivity contribution is 0.0693. The number of halogens is 2.